The van der Waals surface area contributed by atoms with Gasteiger partial charge in [-0.15, -0.1) is 11.3 Å². The Morgan fingerprint density at radius 3 is 2.67 bits per heavy atom. The predicted octanol–water partition coefficient (Wildman–Crippen LogP) is 1.63. The van der Waals surface area contributed by atoms with Crippen molar-refractivity contribution in [2.75, 3.05) is 11.8 Å². The molecule has 0 saturated heterocycles. The Balaban J connectivity index is 2.14. The van der Waals surface area contributed by atoms with E-state index in [-0.39, 0.29) is 17.2 Å². The molecule has 0 radical (unpaired) electrons. The lowest BCUT2D eigenvalue weighted by Crippen LogP contribution is -2.32. The molecular formula is C12H13N3O4S2. The number of carbonyl (C=O) groups is 1. The van der Waals surface area contributed by atoms with Gasteiger partial charge in [-0.2, -0.15) is 12.7 Å². The van der Waals surface area contributed by atoms with Crippen molar-refractivity contribution in [1.29, 1.82) is 0 Å². The molecule has 0 spiro atoms. The van der Waals surface area contributed by atoms with Crippen LogP contribution in [0.1, 0.15) is 16.1 Å². The number of rotatable bonds is 6. The molecule has 7 nitrogen and oxygen atoms in total. The van der Waals surface area contributed by atoms with Crippen molar-refractivity contribution >= 4 is 32.5 Å². The van der Waals surface area contributed by atoms with Gasteiger partial charge in [0.05, 0.1) is 5.51 Å². The van der Waals surface area contributed by atoms with Crippen LogP contribution in [0.15, 0.2) is 35.8 Å². The van der Waals surface area contributed by atoms with Crippen LogP contribution in [-0.4, -0.2) is 35.8 Å². The van der Waals surface area contributed by atoms with Crippen LogP contribution in [-0.2, 0) is 16.8 Å². The zero-order valence-electron chi connectivity index (χ0n) is 11.1. The molecule has 2 rings (SSSR count). The van der Waals surface area contributed by atoms with Gasteiger partial charge in [0.1, 0.15) is 5.00 Å². The molecule has 21 heavy (non-hydrogen) atoms. The molecule has 9 heteroatoms. The lowest BCUT2D eigenvalue weighted by atomic mass is 10.2. The average Bonchev–Trinajstić information content (AvgIpc) is 2.87. The molecule has 0 saturated carbocycles. The summed E-state index contributed by atoms with van der Waals surface area (Å²) in [6.45, 7) is 0.178. The maximum Gasteiger partial charge on any atom is 0.357 e. The third kappa shape index (κ3) is 3.78. The van der Waals surface area contributed by atoms with Crippen LogP contribution in [0, 0.1) is 0 Å². The topological polar surface area (TPSA) is 99.6 Å². The minimum absolute atomic E-state index is 0.0117. The van der Waals surface area contributed by atoms with E-state index in [9.17, 15) is 13.2 Å². The predicted molar refractivity (Wildman–Crippen MR) is 79.5 cm³/mol. The fourth-order valence-corrected chi connectivity index (χ4v) is 3.42. The molecule has 1 aromatic heterocycles. The Labute approximate surface area is 126 Å². The molecule has 0 atom stereocenters. The monoisotopic (exact) mass is 327 g/mol. The quantitative estimate of drug-likeness (QED) is 0.840. The van der Waals surface area contributed by atoms with E-state index in [1.54, 1.807) is 12.1 Å². The maximum absolute atomic E-state index is 12.2. The molecule has 2 aromatic rings. The Hall–Kier alpha value is -1.97. The summed E-state index contributed by atoms with van der Waals surface area (Å²) in [5.74, 6) is -1.28. The molecule has 0 aliphatic heterocycles. The highest BCUT2D eigenvalue weighted by Crippen LogP contribution is 2.22. The molecule has 0 amide bonds. The zero-order valence-corrected chi connectivity index (χ0v) is 12.7. The number of nitrogens with one attached hydrogen (secondary N) is 1. The van der Waals surface area contributed by atoms with Crippen LogP contribution < -0.4 is 4.72 Å². The Bertz CT molecular complexity index is 728. The third-order valence-electron chi connectivity index (χ3n) is 2.65. The summed E-state index contributed by atoms with van der Waals surface area (Å²) >= 11 is 0.920. The van der Waals surface area contributed by atoms with Gasteiger partial charge in [0, 0.05) is 13.6 Å². The fraction of sp³-hybridized carbons (Fsp3) is 0.167. The largest absolute Gasteiger partial charge is 0.476 e. The average molecular weight is 327 g/mol. The van der Waals surface area contributed by atoms with E-state index in [2.05, 4.69) is 9.71 Å². The van der Waals surface area contributed by atoms with Crippen molar-refractivity contribution in [1.82, 2.24) is 9.29 Å². The van der Waals surface area contributed by atoms with Gasteiger partial charge in [0.2, 0.25) is 0 Å². The summed E-state index contributed by atoms with van der Waals surface area (Å²) in [5.41, 5.74) is 1.79. The molecule has 2 N–H and O–H groups in total. The van der Waals surface area contributed by atoms with E-state index >= 15 is 0 Å². The van der Waals surface area contributed by atoms with E-state index in [0.717, 1.165) is 21.2 Å². The number of carboxylic acid groups (broad SMARTS) is 1. The first-order valence-electron chi connectivity index (χ1n) is 5.85. The zero-order chi connectivity index (χ0) is 15.5. The normalized spacial score (nSPS) is 11.5. The van der Waals surface area contributed by atoms with Crippen molar-refractivity contribution in [2.24, 2.45) is 0 Å². The van der Waals surface area contributed by atoms with Crippen molar-refractivity contribution in [3.05, 3.63) is 47.1 Å². The number of carboxylic acids is 1. The summed E-state index contributed by atoms with van der Waals surface area (Å²) in [6, 6.07) is 9.08. The minimum Gasteiger partial charge on any atom is -0.476 e. The smallest absolute Gasteiger partial charge is 0.357 e. The van der Waals surface area contributed by atoms with Gasteiger partial charge in [-0.05, 0) is 5.56 Å². The molecular weight excluding hydrogens is 314 g/mol. The molecule has 1 heterocycles. The van der Waals surface area contributed by atoms with Crippen molar-refractivity contribution in [2.45, 2.75) is 6.54 Å². The number of benzene rings is 1. The van der Waals surface area contributed by atoms with Crippen LogP contribution in [0.4, 0.5) is 5.00 Å². The molecule has 0 aliphatic rings. The second-order valence-electron chi connectivity index (χ2n) is 4.18. The molecule has 0 unspecified atom stereocenters. The second-order valence-corrected chi connectivity index (χ2v) is 6.82. The van der Waals surface area contributed by atoms with Gasteiger partial charge in [0.15, 0.2) is 5.69 Å². The van der Waals surface area contributed by atoms with E-state index in [0.29, 0.717) is 0 Å². The van der Waals surface area contributed by atoms with Gasteiger partial charge in [-0.1, -0.05) is 30.3 Å². The van der Waals surface area contributed by atoms with E-state index in [1.165, 1.54) is 12.6 Å². The van der Waals surface area contributed by atoms with E-state index < -0.39 is 16.2 Å². The number of anilines is 1. The van der Waals surface area contributed by atoms with Gasteiger partial charge >= 0.3 is 16.2 Å². The maximum atomic E-state index is 12.2. The SMILES string of the molecule is CN(Cc1ccccc1)S(=O)(=O)Nc1scnc1C(=O)O. The number of hydrogen-bond donors (Lipinski definition) is 2. The lowest BCUT2D eigenvalue weighted by molar-refractivity contribution is 0.0692. The van der Waals surface area contributed by atoms with Gasteiger partial charge < -0.3 is 5.11 Å². The van der Waals surface area contributed by atoms with Crippen molar-refractivity contribution in [3.63, 3.8) is 0 Å². The molecule has 0 fully saturated rings. The van der Waals surface area contributed by atoms with Crippen molar-refractivity contribution < 1.29 is 18.3 Å². The van der Waals surface area contributed by atoms with Crippen LogP contribution in [0.3, 0.4) is 0 Å². The summed E-state index contributed by atoms with van der Waals surface area (Å²) in [5, 5.41) is 8.91. The summed E-state index contributed by atoms with van der Waals surface area (Å²) in [6.07, 6.45) is 0. The second kappa shape index (κ2) is 6.20. The minimum atomic E-state index is -3.85. The lowest BCUT2D eigenvalue weighted by Gasteiger charge is -2.17. The number of aromatic nitrogens is 1. The number of nitrogens with zero attached hydrogens (tertiary/aromatic N) is 2. The van der Waals surface area contributed by atoms with Crippen LogP contribution in [0.5, 0.6) is 0 Å². The van der Waals surface area contributed by atoms with Crippen molar-refractivity contribution in [3.8, 4) is 0 Å². The van der Waals surface area contributed by atoms with Crippen LogP contribution in [0.2, 0.25) is 0 Å². The Morgan fingerprint density at radius 1 is 1.38 bits per heavy atom. The number of aromatic carboxylic acids is 1. The first kappa shape index (κ1) is 15.4. The highest BCUT2D eigenvalue weighted by Gasteiger charge is 2.22. The summed E-state index contributed by atoms with van der Waals surface area (Å²) in [7, 11) is -2.43. The molecule has 112 valence electrons. The summed E-state index contributed by atoms with van der Waals surface area (Å²) in [4.78, 5) is 14.5. The van der Waals surface area contributed by atoms with Crippen LogP contribution in [0.25, 0.3) is 0 Å². The Morgan fingerprint density at radius 2 is 2.05 bits per heavy atom. The fourth-order valence-electron chi connectivity index (χ4n) is 1.59. The first-order chi connectivity index (χ1) is 9.90. The van der Waals surface area contributed by atoms with Gasteiger partial charge in [0.25, 0.3) is 0 Å². The molecule has 0 aliphatic carbocycles. The Kier molecular flexibility index (Phi) is 4.56. The summed E-state index contributed by atoms with van der Waals surface area (Å²) < 4.78 is 27.7. The number of thiazole rings is 1. The standard InChI is InChI=1S/C12H13N3O4S2/c1-15(7-9-5-3-2-4-6-9)21(18,19)14-11-10(12(16)17)13-8-20-11/h2-6,8,14H,7H2,1H3,(H,16,17). The van der Waals surface area contributed by atoms with Gasteiger partial charge in [-0.25, -0.2) is 9.78 Å². The number of hydrogen-bond acceptors (Lipinski definition) is 5. The highest BCUT2D eigenvalue weighted by atomic mass is 32.2. The first-order valence-corrected chi connectivity index (χ1v) is 8.17. The highest BCUT2D eigenvalue weighted by molar-refractivity contribution is 7.90. The third-order valence-corrected chi connectivity index (χ3v) is 4.93. The molecule has 0 bridgehead atoms. The van der Waals surface area contributed by atoms with Gasteiger partial charge in [-0.3, -0.25) is 4.72 Å². The van der Waals surface area contributed by atoms with E-state index in [4.69, 9.17) is 5.11 Å². The van der Waals surface area contributed by atoms with E-state index in [1.807, 2.05) is 18.2 Å². The van der Waals surface area contributed by atoms with Crippen LogP contribution >= 0.6 is 11.3 Å². The molecule has 1 aromatic carbocycles.